The zero-order chi connectivity index (χ0) is 19.7. The van der Waals surface area contributed by atoms with Crippen LogP contribution in [-0.2, 0) is 0 Å². The Kier molecular flexibility index (Phi) is 5.82. The monoisotopic (exact) mass is 495 g/mol. The smallest absolute Gasteiger partial charge is 0.293 e. The molecule has 1 N–H and O–H groups in total. The van der Waals surface area contributed by atoms with E-state index in [0.29, 0.717) is 11.7 Å². The highest BCUT2D eigenvalue weighted by Crippen LogP contribution is 2.36. The van der Waals surface area contributed by atoms with E-state index in [1.54, 1.807) is 24.3 Å². The minimum absolute atomic E-state index is 0.103. The van der Waals surface area contributed by atoms with E-state index in [-0.39, 0.29) is 28.4 Å². The van der Waals surface area contributed by atoms with Gasteiger partial charge in [0.2, 0.25) is 0 Å². The standard InChI is InChI=1S/C21H23FIN3O2/c22-19-4-2-1-3-18(19)14-5-7-17-12-16(9-10-25(17)13-14)24-20-8-6-15(23)11-21(20)26(27)28/h1-4,6,8,11,14,16-17,24H,5,7,9-10,12-13H2/t14-,16+,17+/m1/s1. The van der Waals surface area contributed by atoms with Crippen molar-refractivity contribution in [3.8, 4) is 0 Å². The van der Waals surface area contributed by atoms with Gasteiger partial charge in [0.25, 0.3) is 5.69 Å². The van der Waals surface area contributed by atoms with Gasteiger partial charge in [0, 0.05) is 34.8 Å². The largest absolute Gasteiger partial charge is 0.377 e. The molecule has 0 aliphatic carbocycles. The maximum atomic E-state index is 14.1. The maximum absolute atomic E-state index is 14.1. The first-order chi connectivity index (χ1) is 13.5. The highest BCUT2D eigenvalue weighted by atomic mass is 127. The Bertz CT molecular complexity index is 878. The fourth-order valence-corrected chi connectivity index (χ4v) is 5.07. The lowest BCUT2D eigenvalue weighted by molar-refractivity contribution is -0.384. The Morgan fingerprint density at radius 3 is 2.79 bits per heavy atom. The topological polar surface area (TPSA) is 58.4 Å². The van der Waals surface area contributed by atoms with Crippen molar-refractivity contribution < 1.29 is 9.31 Å². The lowest BCUT2D eigenvalue weighted by Crippen LogP contribution is -2.50. The minimum Gasteiger partial charge on any atom is -0.377 e. The molecule has 3 atom stereocenters. The molecule has 2 aliphatic rings. The average molecular weight is 495 g/mol. The molecule has 5 nitrogen and oxygen atoms in total. The Morgan fingerprint density at radius 1 is 1.18 bits per heavy atom. The number of hydrogen-bond acceptors (Lipinski definition) is 4. The first kappa shape index (κ1) is 19.6. The summed E-state index contributed by atoms with van der Waals surface area (Å²) in [4.78, 5) is 13.5. The molecule has 0 bridgehead atoms. The summed E-state index contributed by atoms with van der Waals surface area (Å²) in [5.74, 6) is 0.146. The van der Waals surface area contributed by atoms with Crippen molar-refractivity contribution in [3.05, 3.63) is 67.5 Å². The number of nitro groups is 1. The van der Waals surface area contributed by atoms with Crippen molar-refractivity contribution in [2.75, 3.05) is 18.4 Å². The van der Waals surface area contributed by atoms with Gasteiger partial charge in [0.05, 0.1) is 4.92 Å². The second-order valence-corrected chi connectivity index (χ2v) is 8.97. The highest BCUT2D eigenvalue weighted by Gasteiger charge is 2.35. The first-order valence-corrected chi connectivity index (χ1v) is 10.8. The van der Waals surface area contributed by atoms with Crippen LogP contribution in [0.1, 0.15) is 37.2 Å². The van der Waals surface area contributed by atoms with E-state index in [1.165, 1.54) is 0 Å². The lowest BCUT2D eigenvalue weighted by atomic mass is 9.82. The predicted octanol–water partition coefficient (Wildman–Crippen LogP) is 5.16. The van der Waals surface area contributed by atoms with Crippen molar-refractivity contribution in [2.45, 2.75) is 43.7 Å². The lowest BCUT2D eigenvalue weighted by Gasteiger charge is -2.45. The van der Waals surface area contributed by atoms with Crippen molar-refractivity contribution in [1.82, 2.24) is 4.90 Å². The molecule has 148 valence electrons. The molecule has 0 unspecified atom stereocenters. The predicted molar refractivity (Wildman–Crippen MR) is 116 cm³/mol. The normalized spacial score (nSPS) is 25.1. The Hall–Kier alpha value is -1.74. The molecule has 2 heterocycles. The van der Waals surface area contributed by atoms with Crippen molar-refractivity contribution >= 4 is 34.0 Å². The number of benzene rings is 2. The summed E-state index contributed by atoms with van der Waals surface area (Å²) in [7, 11) is 0. The number of hydrogen-bond donors (Lipinski definition) is 1. The van der Waals surface area contributed by atoms with Crippen LogP contribution in [0.4, 0.5) is 15.8 Å². The molecule has 4 rings (SSSR count). The Labute approximate surface area is 177 Å². The Balaban J connectivity index is 1.41. The van der Waals surface area contributed by atoms with Crippen LogP contribution in [0, 0.1) is 19.5 Å². The number of nitrogens with zero attached hydrogens (tertiary/aromatic N) is 2. The molecule has 2 saturated heterocycles. The van der Waals surface area contributed by atoms with Crippen molar-refractivity contribution in [2.24, 2.45) is 0 Å². The third kappa shape index (κ3) is 4.15. The number of fused-ring (bicyclic) bond motifs is 1. The summed E-state index contributed by atoms with van der Waals surface area (Å²) in [6.45, 7) is 1.83. The fraction of sp³-hybridized carbons (Fsp3) is 0.429. The van der Waals surface area contributed by atoms with Crippen LogP contribution in [0.3, 0.4) is 0 Å². The van der Waals surface area contributed by atoms with E-state index in [2.05, 4.69) is 32.8 Å². The molecular weight excluding hydrogens is 472 g/mol. The van der Waals surface area contributed by atoms with Gasteiger partial charge in [-0.25, -0.2) is 4.39 Å². The van der Waals surface area contributed by atoms with Crippen LogP contribution in [-0.4, -0.2) is 35.0 Å². The van der Waals surface area contributed by atoms with Gasteiger partial charge in [-0.3, -0.25) is 15.0 Å². The van der Waals surface area contributed by atoms with Gasteiger partial charge in [-0.2, -0.15) is 0 Å². The van der Waals surface area contributed by atoms with E-state index in [0.717, 1.165) is 47.9 Å². The van der Waals surface area contributed by atoms with Crippen molar-refractivity contribution in [3.63, 3.8) is 0 Å². The fourth-order valence-electron chi connectivity index (χ4n) is 4.60. The van der Waals surface area contributed by atoms with E-state index in [4.69, 9.17) is 0 Å². The molecule has 0 aromatic heterocycles. The van der Waals surface area contributed by atoms with Crippen LogP contribution < -0.4 is 5.32 Å². The van der Waals surface area contributed by atoms with E-state index in [9.17, 15) is 14.5 Å². The van der Waals surface area contributed by atoms with Gasteiger partial charge in [-0.1, -0.05) is 18.2 Å². The molecular formula is C21H23FIN3O2. The van der Waals surface area contributed by atoms with Crippen LogP contribution in [0.5, 0.6) is 0 Å². The van der Waals surface area contributed by atoms with Crippen molar-refractivity contribution in [1.29, 1.82) is 0 Å². The maximum Gasteiger partial charge on any atom is 0.293 e. The molecule has 7 heteroatoms. The molecule has 2 fully saturated rings. The number of anilines is 1. The molecule has 0 saturated carbocycles. The van der Waals surface area contributed by atoms with Crippen LogP contribution in [0.2, 0.25) is 0 Å². The second-order valence-electron chi connectivity index (χ2n) is 7.73. The zero-order valence-electron chi connectivity index (χ0n) is 15.5. The summed E-state index contributed by atoms with van der Waals surface area (Å²) in [5.41, 5.74) is 1.57. The number of nitrogens with one attached hydrogen (secondary N) is 1. The third-order valence-electron chi connectivity index (χ3n) is 6.00. The van der Waals surface area contributed by atoms with Gasteiger partial charge in [-0.05, 0) is 78.0 Å². The van der Waals surface area contributed by atoms with E-state index >= 15 is 0 Å². The van der Waals surface area contributed by atoms with E-state index < -0.39 is 0 Å². The highest BCUT2D eigenvalue weighted by molar-refractivity contribution is 14.1. The van der Waals surface area contributed by atoms with Crippen LogP contribution >= 0.6 is 22.6 Å². The second kappa shape index (κ2) is 8.32. The third-order valence-corrected chi connectivity index (χ3v) is 6.67. The van der Waals surface area contributed by atoms with Gasteiger partial charge < -0.3 is 5.32 Å². The van der Waals surface area contributed by atoms with Crippen LogP contribution in [0.15, 0.2) is 42.5 Å². The quantitative estimate of drug-likeness (QED) is 0.362. The summed E-state index contributed by atoms with van der Waals surface area (Å²) in [6, 6.07) is 13.1. The summed E-state index contributed by atoms with van der Waals surface area (Å²) < 4.78 is 15.0. The number of piperidine rings is 2. The summed E-state index contributed by atoms with van der Waals surface area (Å²) in [6.07, 6.45) is 3.92. The minimum atomic E-state index is -0.320. The molecule has 28 heavy (non-hydrogen) atoms. The summed E-state index contributed by atoms with van der Waals surface area (Å²) >= 11 is 2.09. The molecule has 2 aromatic rings. The van der Waals surface area contributed by atoms with Crippen LogP contribution in [0.25, 0.3) is 0 Å². The SMILES string of the molecule is O=[N+]([O-])c1cc(I)ccc1N[C@H]1CCN2C[C@H](c3ccccc3F)CC[C@H]2C1. The number of rotatable bonds is 4. The van der Waals surface area contributed by atoms with Gasteiger partial charge in [-0.15, -0.1) is 0 Å². The van der Waals surface area contributed by atoms with Gasteiger partial charge in [0.15, 0.2) is 0 Å². The van der Waals surface area contributed by atoms with E-state index in [1.807, 2.05) is 18.2 Å². The molecule has 0 spiro atoms. The molecule has 0 radical (unpaired) electrons. The van der Waals surface area contributed by atoms with Gasteiger partial charge in [0.1, 0.15) is 11.5 Å². The molecule has 0 amide bonds. The molecule has 2 aliphatic heterocycles. The number of nitro benzene ring substituents is 1. The van der Waals surface area contributed by atoms with Gasteiger partial charge >= 0.3 is 0 Å². The zero-order valence-corrected chi connectivity index (χ0v) is 17.6. The summed E-state index contributed by atoms with van der Waals surface area (Å²) in [5, 5.41) is 14.8. The first-order valence-electron chi connectivity index (χ1n) is 9.70. The average Bonchev–Trinajstić information content (AvgIpc) is 2.69. The Morgan fingerprint density at radius 2 is 2.00 bits per heavy atom. The molecule has 2 aromatic carbocycles. The number of halogens is 2.